The van der Waals surface area contributed by atoms with E-state index in [9.17, 15) is 19.7 Å². The Morgan fingerprint density at radius 2 is 1.96 bits per heavy atom. The first-order valence-corrected chi connectivity index (χ1v) is 8.48. The number of hydrogen-bond donors (Lipinski definition) is 0. The van der Waals surface area contributed by atoms with Crippen LogP contribution in [0.4, 0.5) is 5.69 Å². The fraction of sp³-hybridized carbons (Fsp3) is 0.200. The maximum absolute atomic E-state index is 12.3. The Bertz CT molecular complexity index is 1120. The van der Waals surface area contributed by atoms with Crippen molar-refractivity contribution in [2.75, 3.05) is 7.11 Å². The molecule has 0 unspecified atom stereocenters. The Balaban J connectivity index is 1.86. The van der Waals surface area contributed by atoms with E-state index in [0.717, 1.165) is 18.1 Å². The minimum Gasteiger partial charge on any atom is -0.490 e. The lowest BCUT2D eigenvalue weighted by Gasteiger charge is -2.09. The highest BCUT2D eigenvalue weighted by molar-refractivity contribution is 5.91. The van der Waals surface area contributed by atoms with Gasteiger partial charge in [-0.05, 0) is 30.2 Å². The van der Waals surface area contributed by atoms with Gasteiger partial charge in [0, 0.05) is 23.1 Å². The lowest BCUT2D eigenvalue weighted by molar-refractivity contribution is -0.385. The van der Waals surface area contributed by atoms with E-state index in [-0.39, 0.29) is 23.6 Å². The van der Waals surface area contributed by atoms with E-state index in [2.05, 4.69) is 0 Å². The maximum atomic E-state index is 12.3. The Morgan fingerprint density at radius 1 is 1.18 bits per heavy atom. The highest BCUT2D eigenvalue weighted by Gasteiger charge is 2.19. The highest BCUT2D eigenvalue weighted by Crippen LogP contribution is 2.28. The first-order valence-electron chi connectivity index (χ1n) is 8.48. The first kappa shape index (κ1) is 19.1. The number of benzene rings is 2. The average Bonchev–Trinajstić information content (AvgIpc) is 2.70. The van der Waals surface area contributed by atoms with Crippen LogP contribution in [0, 0.1) is 10.1 Å². The van der Waals surface area contributed by atoms with E-state index in [1.54, 1.807) is 12.1 Å². The van der Waals surface area contributed by atoms with Crippen LogP contribution in [0.1, 0.15) is 28.4 Å². The fourth-order valence-electron chi connectivity index (χ4n) is 2.80. The molecule has 0 spiro atoms. The second-order valence-electron chi connectivity index (χ2n) is 5.99. The van der Waals surface area contributed by atoms with Gasteiger partial charge in [-0.1, -0.05) is 19.1 Å². The molecule has 8 heteroatoms. The molecule has 0 saturated carbocycles. The number of aryl methyl sites for hydroxylation is 1. The Hall–Kier alpha value is -3.68. The van der Waals surface area contributed by atoms with Crippen LogP contribution < -0.4 is 10.4 Å². The molecule has 0 atom stereocenters. The zero-order chi connectivity index (χ0) is 20.3. The second kappa shape index (κ2) is 7.91. The van der Waals surface area contributed by atoms with Crippen molar-refractivity contribution in [1.82, 2.24) is 0 Å². The smallest absolute Gasteiger partial charge is 0.338 e. The molecule has 8 nitrogen and oxygen atoms in total. The molecule has 1 aromatic heterocycles. The summed E-state index contributed by atoms with van der Waals surface area (Å²) in [5.41, 5.74) is 1.04. The summed E-state index contributed by atoms with van der Waals surface area (Å²) in [6, 6.07) is 10.5. The van der Waals surface area contributed by atoms with Crippen LogP contribution in [-0.2, 0) is 17.8 Å². The molecule has 3 rings (SSSR count). The summed E-state index contributed by atoms with van der Waals surface area (Å²) in [7, 11) is 1.30. The molecule has 0 N–H and O–H groups in total. The van der Waals surface area contributed by atoms with Gasteiger partial charge in [0.1, 0.15) is 12.2 Å². The molecule has 144 valence electrons. The molecule has 0 radical (unpaired) electrons. The van der Waals surface area contributed by atoms with Crippen LogP contribution in [0.2, 0.25) is 0 Å². The van der Waals surface area contributed by atoms with Crippen molar-refractivity contribution in [2.45, 2.75) is 20.0 Å². The van der Waals surface area contributed by atoms with Gasteiger partial charge in [-0.25, -0.2) is 9.59 Å². The van der Waals surface area contributed by atoms with Crippen molar-refractivity contribution in [2.24, 2.45) is 0 Å². The third-order valence-corrected chi connectivity index (χ3v) is 4.27. The predicted molar refractivity (Wildman–Crippen MR) is 101 cm³/mol. The lowest BCUT2D eigenvalue weighted by atomic mass is 10.1. The third kappa shape index (κ3) is 3.85. The summed E-state index contributed by atoms with van der Waals surface area (Å²) >= 11 is 0. The average molecular weight is 383 g/mol. The van der Waals surface area contributed by atoms with Crippen LogP contribution in [0.3, 0.4) is 0 Å². The summed E-state index contributed by atoms with van der Waals surface area (Å²) < 4.78 is 15.4. The number of esters is 1. The monoisotopic (exact) mass is 383 g/mol. The number of hydrogen-bond acceptors (Lipinski definition) is 7. The van der Waals surface area contributed by atoms with Crippen molar-refractivity contribution in [3.05, 3.63) is 79.7 Å². The van der Waals surface area contributed by atoms with Gasteiger partial charge in [0.15, 0.2) is 5.75 Å². The number of nitro groups is 1. The molecule has 0 aliphatic carbocycles. The van der Waals surface area contributed by atoms with Crippen molar-refractivity contribution < 1.29 is 23.6 Å². The number of nitro benzene ring substituents is 1. The van der Waals surface area contributed by atoms with Gasteiger partial charge < -0.3 is 13.9 Å². The minimum atomic E-state index is -0.752. The van der Waals surface area contributed by atoms with Crippen molar-refractivity contribution in [1.29, 1.82) is 0 Å². The number of ether oxygens (including phenoxy) is 2. The SMILES string of the molecule is CCc1ccc2c(COC(=O)c3ccc(OC)c([N+](=O)[O-])c3)cc(=O)oc2c1. The number of fused-ring (bicyclic) bond motifs is 1. The topological polar surface area (TPSA) is 109 Å². The Labute approximate surface area is 159 Å². The molecule has 28 heavy (non-hydrogen) atoms. The van der Waals surface area contributed by atoms with Gasteiger partial charge in [0.25, 0.3) is 0 Å². The molecule has 0 saturated heterocycles. The van der Waals surface area contributed by atoms with Gasteiger partial charge in [0.05, 0.1) is 17.6 Å². The van der Waals surface area contributed by atoms with Crippen molar-refractivity contribution >= 4 is 22.6 Å². The third-order valence-electron chi connectivity index (χ3n) is 4.27. The number of nitrogens with zero attached hydrogens (tertiary/aromatic N) is 1. The molecule has 0 aliphatic heterocycles. The van der Waals surface area contributed by atoms with E-state index in [1.807, 2.05) is 13.0 Å². The minimum absolute atomic E-state index is 0.00744. The molecule has 2 aromatic carbocycles. The predicted octanol–water partition coefficient (Wildman–Crippen LogP) is 3.63. The molecular formula is C20H17NO7. The number of rotatable bonds is 6. The number of carbonyl (C=O) groups is 1. The zero-order valence-corrected chi connectivity index (χ0v) is 15.3. The van der Waals surface area contributed by atoms with Crippen LogP contribution in [0.25, 0.3) is 11.0 Å². The summed E-state index contributed by atoms with van der Waals surface area (Å²) in [5.74, 6) is -0.711. The second-order valence-corrected chi connectivity index (χ2v) is 5.99. The van der Waals surface area contributed by atoms with Gasteiger partial charge in [-0.2, -0.15) is 0 Å². The Kier molecular flexibility index (Phi) is 5.39. The molecule has 0 amide bonds. The summed E-state index contributed by atoms with van der Waals surface area (Å²) in [5, 5.41) is 11.8. The summed E-state index contributed by atoms with van der Waals surface area (Å²) in [6.45, 7) is 1.81. The van der Waals surface area contributed by atoms with Crippen LogP contribution >= 0.6 is 0 Å². The van der Waals surface area contributed by atoms with E-state index in [1.165, 1.54) is 25.3 Å². The lowest BCUT2D eigenvalue weighted by Crippen LogP contribution is -2.08. The first-order chi connectivity index (χ1) is 13.4. The maximum Gasteiger partial charge on any atom is 0.338 e. The van der Waals surface area contributed by atoms with E-state index in [0.29, 0.717) is 16.5 Å². The molecule has 0 aliphatic rings. The highest BCUT2D eigenvalue weighted by atomic mass is 16.6. The van der Waals surface area contributed by atoms with Gasteiger partial charge in [0.2, 0.25) is 0 Å². The van der Waals surface area contributed by atoms with Gasteiger partial charge >= 0.3 is 17.3 Å². The Morgan fingerprint density at radius 3 is 2.64 bits per heavy atom. The molecule has 3 aromatic rings. The van der Waals surface area contributed by atoms with E-state index < -0.39 is 16.5 Å². The van der Waals surface area contributed by atoms with Crippen LogP contribution in [-0.4, -0.2) is 18.0 Å². The number of carbonyl (C=O) groups excluding carboxylic acids is 1. The van der Waals surface area contributed by atoms with Gasteiger partial charge in [-0.15, -0.1) is 0 Å². The largest absolute Gasteiger partial charge is 0.490 e. The molecular weight excluding hydrogens is 366 g/mol. The molecule has 1 heterocycles. The van der Waals surface area contributed by atoms with E-state index in [4.69, 9.17) is 13.9 Å². The standard InChI is InChI=1S/C20H17NO7/c1-3-12-4-6-15-14(10-19(22)28-18(15)8-12)11-27-20(23)13-5-7-17(26-2)16(9-13)21(24)25/h4-10H,3,11H2,1-2H3. The number of methoxy groups -OCH3 is 1. The van der Waals surface area contributed by atoms with E-state index >= 15 is 0 Å². The summed E-state index contributed by atoms with van der Waals surface area (Å²) in [4.78, 5) is 34.6. The normalized spacial score (nSPS) is 10.6. The van der Waals surface area contributed by atoms with Crippen LogP contribution in [0.5, 0.6) is 5.75 Å². The quantitative estimate of drug-likeness (QED) is 0.277. The molecule has 0 bridgehead atoms. The molecule has 0 fully saturated rings. The van der Waals surface area contributed by atoms with Crippen LogP contribution in [0.15, 0.2) is 51.7 Å². The zero-order valence-electron chi connectivity index (χ0n) is 15.3. The van der Waals surface area contributed by atoms with Crippen molar-refractivity contribution in [3.8, 4) is 5.75 Å². The van der Waals surface area contributed by atoms with Crippen molar-refractivity contribution in [3.63, 3.8) is 0 Å². The fourth-order valence-corrected chi connectivity index (χ4v) is 2.80. The van der Waals surface area contributed by atoms with Gasteiger partial charge in [-0.3, -0.25) is 10.1 Å². The summed E-state index contributed by atoms with van der Waals surface area (Å²) in [6.07, 6.45) is 0.787.